The number of alkyl halides is 3. The third-order valence-electron chi connectivity index (χ3n) is 4.45. The van der Waals surface area contributed by atoms with Gasteiger partial charge in [0.25, 0.3) is 5.91 Å². The number of ether oxygens (including phenoxy) is 1. The minimum absolute atomic E-state index is 0.123. The maximum absolute atomic E-state index is 13.1. The number of nitrogens with one attached hydrogen (secondary N) is 1. The van der Waals surface area contributed by atoms with E-state index in [1.165, 1.54) is 29.5 Å². The van der Waals surface area contributed by atoms with E-state index >= 15 is 0 Å². The number of rotatable bonds is 7. The fraction of sp³-hybridized carbons (Fsp3) is 0.250. The van der Waals surface area contributed by atoms with Crippen LogP contribution in [0.2, 0.25) is 0 Å². The Bertz CT molecular complexity index is 1130. The molecule has 0 bridgehead atoms. The Balaban J connectivity index is 1.87. The number of hydrogen-bond donors (Lipinski definition) is 3. The predicted octanol–water partition coefficient (Wildman–Crippen LogP) is 2.78. The highest BCUT2D eigenvalue weighted by atomic mass is 32.1. The van der Waals surface area contributed by atoms with Gasteiger partial charge >= 0.3 is 6.18 Å². The van der Waals surface area contributed by atoms with E-state index in [0.29, 0.717) is 10.3 Å². The van der Waals surface area contributed by atoms with Crippen LogP contribution in [0.15, 0.2) is 36.5 Å². The lowest BCUT2D eigenvalue weighted by Gasteiger charge is -2.13. The molecule has 1 atom stereocenters. The number of primary amides is 1. The van der Waals surface area contributed by atoms with Crippen molar-refractivity contribution in [2.24, 2.45) is 5.73 Å². The molecule has 3 aromatic rings. The molecule has 7 nitrogen and oxygen atoms in total. The number of nitrogens with two attached hydrogens (primary N) is 1. The molecule has 0 spiro atoms. The van der Waals surface area contributed by atoms with E-state index in [1.54, 1.807) is 19.1 Å². The van der Waals surface area contributed by atoms with Crippen molar-refractivity contribution in [3.8, 4) is 5.75 Å². The summed E-state index contributed by atoms with van der Waals surface area (Å²) in [6.45, 7) is 0.694. The van der Waals surface area contributed by atoms with Crippen molar-refractivity contribution in [2.45, 2.75) is 25.7 Å². The largest absolute Gasteiger partial charge is 0.489 e. The molecule has 0 saturated carbocycles. The number of hydrogen-bond acceptors (Lipinski definition) is 6. The van der Waals surface area contributed by atoms with E-state index in [9.17, 15) is 27.9 Å². The number of fused-ring (bicyclic) bond motifs is 1. The zero-order valence-corrected chi connectivity index (χ0v) is 17.0. The highest BCUT2D eigenvalue weighted by Crippen LogP contribution is 2.34. The second kappa shape index (κ2) is 8.90. The Labute approximate surface area is 178 Å². The average Bonchev–Trinajstić information content (AvgIpc) is 3.04. The summed E-state index contributed by atoms with van der Waals surface area (Å²) in [5.41, 5.74) is 4.26. The number of aromatic nitrogens is 1. The third-order valence-corrected chi connectivity index (χ3v) is 5.53. The van der Waals surface area contributed by atoms with Gasteiger partial charge in [0.15, 0.2) is 5.69 Å². The van der Waals surface area contributed by atoms with Gasteiger partial charge in [-0.25, -0.2) is 0 Å². The van der Waals surface area contributed by atoms with Crippen molar-refractivity contribution in [1.82, 2.24) is 10.3 Å². The summed E-state index contributed by atoms with van der Waals surface area (Å²) in [6.07, 6.45) is -3.55. The minimum atomic E-state index is -4.61. The fourth-order valence-corrected chi connectivity index (χ4v) is 4.02. The van der Waals surface area contributed by atoms with Crippen LogP contribution in [-0.4, -0.2) is 34.6 Å². The molecule has 31 heavy (non-hydrogen) atoms. The Morgan fingerprint density at radius 2 is 2.06 bits per heavy atom. The number of carbonyl (C=O) groups is 2. The molecule has 4 N–H and O–H groups in total. The summed E-state index contributed by atoms with van der Waals surface area (Å²) in [7, 11) is 0. The number of benzene rings is 1. The number of thiophene rings is 1. The number of pyridine rings is 1. The molecular weight excluding hydrogens is 435 g/mol. The highest BCUT2D eigenvalue weighted by molar-refractivity contribution is 7.19. The molecule has 0 aliphatic carbocycles. The fourth-order valence-electron chi connectivity index (χ4n) is 2.98. The normalized spacial score (nSPS) is 12.5. The van der Waals surface area contributed by atoms with Crippen LogP contribution in [-0.2, 0) is 17.6 Å². The van der Waals surface area contributed by atoms with E-state index in [2.05, 4.69) is 10.3 Å². The van der Waals surface area contributed by atoms with Crippen LogP contribution in [0.5, 0.6) is 5.75 Å². The van der Waals surface area contributed by atoms with Crippen LogP contribution in [0.4, 0.5) is 13.2 Å². The summed E-state index contributed by atoms with van der Waals surface area (Å²) in [5.74, 6) is -1.23. The number of aliphatic hydroxyl groups is 1. The van der Waals surface area contributed by atoms with E-state index in [4.69, 9.17) is 10.5 Å². The van der Waals surface area contributed by atoms with Crippen molar-refractivity contribution in [3.63, 3.8) is 0 Å². The quantitative estimate of drug-likeness (QED) is 0.509. The van der Waals surface area contributed by atoms with Gasteiger partial charge in [-0.05, 0) is 31.2 Å². The summed E-state index contributed by atoms with van der Waals surface area (Å²) in [4.78, 5) is 28.0. The first-order chi connectivity index (χ1) is 14.6. The van der Waals surface area contributed by atoms with Crippen molar-refractivity contribution in [2.75, 3.05) is 6.61 Å². The monoisotopic (exact) mass is 453 g/mol. The Morgan fingerprint density at radius 3 is 2.71 bits per heavy atom. The van der Waals surface area contributed by atoms with Gasteiger partial charge in [-0.1, -0.05) is 6.07 Å². The van der Waals surface area contributed by atoms with Crippen molar-refractivity contribution >= 4 is 33.2 Å². The van der Waals surface area contributed by atoms with E-state index < -0.39 is 36.3 Å². The maximum atomic E-state index is 13.1. The highest BCUT2D eigenvalue weighted by Gasteiger charge is 2.35. The van der Waals surface area contributed by atoms with Gasteiger partial charge in [0.2, 0.25) is 5.91 Å². The first-order valence-corrected chi connectivity index (χ1v) is 9.81. The third kappa shape index (κ3) is 4.94. The molecule has 0 aliphatic rings. The van der Waals surface area contributed by atoms with Crippen LogP contribution in [0.25, 0.3) is 10.1 Å². The second-order valence-electron chi connectivity index (χ2n) is 6.60. The summed E-state index contributed by atoms with van der Waals surface area (Å²) < 4.78 is 45.6. The summed E-state index contributed by atoms with van der Waals surface area (Å²) in [6, 6.07) is 6.23. The molecule has 0 saturated heterocycles. The molecule has 0 aliphatic heterocycles. The van der Waals surface area contributed by atoms with Crippen LogP contribution < -0.4 is 15.8 Å². The topological polar surface area (TPSA) is 115 Å². The average molecular weight is 453 g/mol. The molecule has 11 heteroatoms. The number of aliphatic hydroxyl groups excluding tert-OH is 1. The molecule has 3 rings (SSSR count). The van der Waals surface area contributed by atoms with Gasteiger partial charge in [0.05, 0.1) is 12.2 Å². The lowest BCUT2D eigenvalue weighted by atomic mass is 10.1. The lowest BCUT2D eigenvalue weighted by Crippen LogP contribution is -2.46. The predicted molar refractivity (Wildman–Crippen MR) is 108 cm³/mol. The SMILES string of the molecule is Cc1sc2ccc(OCc3cccnc3C(F)(F)F)cc2c1C(=O)N[C@@H](CO)C(N)=O. The smallest absolute Gasteiger partial charge is 0.433 e. The van der Waals surface area contributed by atoms with Crippen molar-refractivity contribution in [1.29, 1.82) is 0 Å². The van der Waals surface area contributed by atoms with Crippen LogP contribution in [0.3, 0.4) is 0 Å². The number of amides is 2. The molecule has 2 amide bonds. The zero-order valence-electron chi connectivity index (χ0n) is 16.2. The standard InChI is InChI=1S/C20H18F3N3O4S/c1-10-16(19(29)26-14(8-27)18(24)28)13-7-12(4-5-15(13)31-10)30-9-11-3-2-6-25-17(11)20(21,22)23/h2-7,14,27H,8-9H2,1H3,(H2,24,28)(H,26,29)/t14-/m0/s1. The van der Waals surface area contributed by atoms with E-state index in [-0.39, 0.29) is 23.5 Å². The van der Waals surface area contributed by atoms with Gasteiger partial charge in [-0.15, -0.1) is 11.3 Å². The molecule has 2 heterocycles. The van der Waals surface area contributed by atoms with Gasteiger partial charge in [0.1, 0.15) is 18.4 Å². The van der Waals surface area contributed by atoms with Crippen molar-refractivity contribution < 1.29 is 32.6 Å². The Morgan fingerprint density at radius 1 is 1.32 bits per heavy atom. The number of carbonyl (C=O) groups excluding carboxylic acids is 2. The minimum Gasteiger partial charge on any atom is -0.489 e. The summed E-state index contributed by atoms with van der Waals surface area (Å²) >= 11 is 1.33. The molecule has 0 unspecified atom stereocenters. The molecule has 2 aromatic heterocycles. The van der Waals surface area contributed by atoms with Gasteiger partial charge in [-0.2, -0.15) is 13.2 Å². The number of halogens is 3. The molecule has 0 radical (unpaired) electrons. The van der Waals surface area contributed by atoms with Crippen LogP contribution >= 0.6 is 11.3 Å². The Hall–Kier alpha value is -3.18. The van der Waals surface area contributed by atoms with Crippen LogP contribution in [0, 0.1) is 6.92 Å². The number of aryl methyl sites for hydroxylation is 1. The van der Waals surface area contributed by atoms with Crippen molar-refractivity contribution in [3.05, 3.63) is 58.2 Å². The molecule has 164 valence electrons. The van der Waals surface area contributed by atoms with Gasteiger partial charge in [-0.3, -0.25) is 14.6 Å². The first-order valence-electron chi connectivity index (χ1n) is 9.00. The lowest BCUT2D eigenvalue weighted by molar-refractivity contribution is -0.142. The zero-order chi connectivity index (χ0) is 22.8. The maximum Gasteiger partial charge on any atom is 0.433 e. The Kier molecular flexibility index (Phi) is 6.46. The molecular formula is C20H18F3N3O4S. The summed E-state index contributed by atoms with van der Waals surface area (Å²) in [5, 5.41) is 12.1. The molecule has 0 fully saturated rings. The van der Waals surface area contributed by atoms with E-state index in [0.717, 1.165) is 10.9 Å². The number of nitrogens with zero attached hydrogens (tertiary/aromatic N) is 1. The van der Waals surface area contributed by atoms with Crippen LogP contribution in [0.1, 0.15) is 26.5 Å². The first kappa shape index (κ1) is 22.5. The second-order valence-corrected chi connectivity index (χ2v) is 7.86. The van der Waals surface area contributed by atoms with Gasteiger partial charge in [0, 0.05) is 26.7 Å². The van der Waals surface area contributed by atoms with E-state index in [1.807, 2.05) is 0 Å². The van der Waals surface area contributed by atoms with Gasteiger partial charge < -0.3 is 20.9 Å². The molecule has 1 aromatic carbocycles.